The van der Waals surface area contributed by atoms with Crippen LogP contribution in [0, 0.1) is 0 Å². The number of hydrogen-bond donors (Lipinski definition) is 0. The maximum Gasteiger partial charge on any atom is 0.363 e. The minimum Gasteiger partial charge on any atom is -0.497 e. The van der Waals surface area contributed by atoms with Gasteiger partial charge in [-0.3, -0.25) is 0 Å². The van der Waals surface area contributed by atoms with E-state index in [1.54, 1.807) is 37.5 Å². The first-order valence-corrected chi connectivity index (χ1v) is 7.51. The summed E-state index contributed by atoms with van der Waals surface area (Å²) >= 11 is 0. The van der Waals surface area contributed by atoms with Crippen LogP contribution < -0.4 is 9.64 Å². The van der Waals surface area contributed by atoms with Crippen molar-refractivity contribution in [2.24, 2.45) is 4.99 Å². The average Bonchev–Trinajstić information content (AvgIpc) is 2.96. The van der Waals surface area contributed by atoms with Crippen LogP contribution in [-0.2, 0) is 9.53 Å². The van der Waals surface area contributed by atoms with Crippen LogP contribution >= 0.6 is 0 Å². The molecule has 1 aliphatic rings. The highest BCUT2D eigenvalue weighted by Crippen LogP contribution is 2.21. The summed E-state index contributed by atoms with van der Waals surface area (Å²) in [7, 11) is 5.56. The minimum atomic E-state index is -0.447. The predicted octanol–water partition coefficient (Wildman–Crippen LogP) is 3.11. The zero-order chi connectivity index (χ0) is 17.1. The largest absolute Gasteiger partial charge is 0.497 e. The normalized spacial score (nSPS) is 15.2. The maximum absolute atomic E-state index is 12.0. The molecule has 0 unspecified atom stereocenters. The summed E-state index contributed by atoms with van der Waals surface area (Å²) in [4.78, 5) is 18.3. The van der Waals surface area contributed by atoms with Crippen LogP contribution in [0.25, 0.3) is 6.08 Å². The average molecular weight is 322 g/mol. The molecular weight excluding hydrogens is 304 g/mol. The van der Waals surface area contributed by atoms with Gasteiger partial charge < -0.3 is 14.4 Å². The van der Waals surface area contributed by atoms with Gasteiger partial charge in [0.15, 0.2) is 5.70 Å². The van der Waals surface area contributed by atoms with Crippen molar-refractivity contribution in [3.63, 3.8) is 0 Å². The van der Waals surface area contributed by atoms with Gasteiger partial charge in [-0.2, -0.15) is 0 Å². The smallest absolute Gasteiger partial charge is 0.363 e. The Balaban J connectivity index is 1.85. The Bertz CT molecular complexity index is 804. The quantitative estimate of drug-likeness (QED) is 0.641. The van der Waals surface area contributed by atoms with Crippen molar-refractivity contribution in [1.82, 2.24) is 0 Å². The molecule has 0 amide bonds. The molecule has 2 aromatic carbocycles. The fourth-order valence-electron chi connectivity index (χ4n) is 2.29. The van der Waals surface area contributed by atoms with Gasteiger partial charge in [-0.05, 0) is 48.0 Å². The van der Waals surface area contributed by atoms with E-state index in [0.717, 1.165) is 22.6 Å². The molecule has 0 bridgehead atoms. The van der Waals surface area contributed by atoms with E-state index in [0.29, 0.717) is 11.6 Å². The van der Waals surface area contributed by atoms with E-state index >= 15 is 0 Å². The second-order valence-corrected chi connectivity index (χ2v) is 5.55. The van der Waals surface area contributed by atoms with Gasteiger partial charge in [-0.15, -0.1) is 0 Å². The van der Waals surface area contributed by atoms with Crippen molar-refractivity contribution in [3.05, 3.63) is 65.4 Å². The van der Waals surface area contributed by atoms with E-state index in [4.69, 9.17) is 9.47 Å². The molecule has 1 aliphatic heterocycles. The number of methoxy groups -OCH3 is 1. The molecule has 2 aromatic rings. The summed E-state index contributed by atoms with van der Waals surface area (Å²) in [5.41, 5.74) is 3.01. The second kappa shape index (κ2) is 6.58. The van der Waals surface area contributed by atoms with E-state index in [9.17, 15) is 4.79 Å². The van der Waals surface area contributed by atoms with Crippen molar-refractivity contribution < 1.29 is 14.3 Å². The highest BCUT2D eigenvalue weighted by Gasteiger charge is 2.24. The SMILES string of the molecule is COc1ccc(C2=N/C(=C/c3ccc(N(C)C)cc3)C(=O)O2)cc1. The van der Waals surface area contributed by atoms with Crippen molar-refractivity contribution in [3.8, 4) is 5.75 Å². The molecule has 5 heteroatoms. The lowest BCUT2D eigenvalue weighted by Crippen LogP contribution is -2.08. The van der Waals surface area contributed by atoms with Gasteiger partial charge in [0.25, 0.3) is 0 Å². The van der Waals surface area contributed by atoms with Crippen LogP contribution in [-0.4, -0.2) is 33.1 Å². The summed E-state index contributed by atoms with van der Waals surface area (Å²) in [5, 5.41) is 0. The van der Waals surface area contributed by atoms with Crippen molar-refractivity contribution in [2.75, 3.05) is 26.1 Å². The molecule has 3 rings (SSSR count). The summed E-state index contributed by atoms with van der Waals surface area (Å²) in [6.45, 7) is 0. The van der Waals surface area contributed by atoms with E-state index < -0.39 is 5.97 Å². The molecule has 24 heavy (non-hydrogen) atoms. The first kappa shape index (κ1) is 15.8. The Kier molecular flexibility index (Phi) is 4.33. The van der Waals surface area contributed by atoms with Gasteiger partial charge >= 0.3 is 5.97 Å². The minimum absolute atomic E-state index is 0.290. The van der Waals surface area contributed by atoms with Crippen molar-refractivity contribution in [1.29, 1.82) is 0 Å². The van der Waals surface area contributed by atoms with Crippen LogP contribution in [0.4, 0.5) is 5.69 Å². The molecule has 0 N–H and O–H groups in total. The lowest BCUT2D eigenvalue weighted by molar-refractivity contribution is -0.129. The van der Waals surface area contributed by atoms with E-state index in [1.807, 2.05) is 43.3 Å². The number of cyclic esters (lactones) is 1. The lowest BCUT2D eigenvalue weighted by Gasteiger charge is -2.11. The molecular formula is C19H18N2O3. The van der Waals surface area contributed by atoms with Gasteiger partial charge in [0.1, 0.15) is 5.75 Å². The van der Waals surface area contributed by atoms with Gasteiger partial charge in [0.2, 0.25) is 5.90 Å². The molecule has 0 radical (unpaired) electrons. The third-order valence-electron chi connectivity index (χ3n) is 3.67. The molecule has 0 atom stereocenters. The van der Waals surface area contributed by atoms with Crippen LogP contribution in [0.2, 0.25) is 0 Å². The van der Waals surface area contributed by atoms with Gasteiger partial charge in [0.05, 0.1) is 7.11 Å². The molecule has 0 saturated heterocycles. The molecule has 122 valence electrons. The van der Waals surface area contributed by atoms with E-state index in [1.165, 1.54) is 0 Å². The van der Waals surface area contributed by atoms with Crippen LogP contribution in [0.5, 0.6) is 5.75 Å². The standard InChI is InChI=1S/C19H18N2O3/c1-21(2)15-8-4-13(5-9-15)12-17-19(22)24-18(20-17)14-6-10-16(23-3)11-7-14/h4-12H,1-3H3/b17-12+. The highest BCUT2D eigenvalue weighted by molar-refractivity contribution is 6.12. The summed E-state index contributed by atoms with van der Waals surface area (Å²) < 4.78 is 10.4. The molecule has 1 heterocycles. The Morgan fingerprint density at radius 3 is 2.29 bits per heavy atom. The predicted molar refractivity (Wildman–Crippen MR) is 94.4 cm³/mol. The van der Waals surface area contributed by atoms with Gasteiger partial charge in [0, 0.05) is 25.3 Å². The molecule has 0 fully saturated rings. The Morgan fingerprint density at radius 2 is 1.71 bits per heavy atom. The van der Waals surface area contributed by atoms with E-state index in [-0.39, 0.29) is 0 Å². The van der Waals surface area contributed by atoms with Gasteiger partial charge in [-0.1, -0.05) is 12.1 Å². The fourth-order valence-corrected chi connectivity index (χ4v) is 2.29. The fraction of sp³-hybridized carbons (Fsp3) is 0.158. The number of rotatable bonds is 4. The van der Waals surface area contributed by atoms with Crippen molar-refractivity contribution >= 4 is 23.6 Å². The summed E-state index contributed by atoms with van der Waals surface area (Å²) in [6.07, 6.45) is 1.72. The van der Waals surface area contributed by atoms with E-state index in [2.05, 4.69) is 4.99 Å². The number of esters is 1. The third kappa shape index (κ3) is 3.30. The Hall–Kier alpha value is -3.08. The van der Waals surface area contributed by atoms with Crippen molar-refractivity contribution in [2.45, 2.75) is 0 Å². The number of carbonyl (C=O) groups is 1. The zero-order valence-corrected chi connectivity index (χ0v) is 13.8. The number of ether oxygens (including phenoxy) is 2. The molecule has 0 aliphatic carbocycles. The highest BCUT2D eigenvalue weighted by atomic mass is 16.6. The number of benzene rings is 2. The molecule has 0 aromatic heterocycles. The first-order chi connectivity index (χ1) is 11.6. The Morgan fingerprint density at radius 1 is 1.04 bits per heavy atom. The number of carbonyl (C=O) groups excluding carboxylic acids is 1. The maximum atomic E-state index is 12.0. The Labute approximate surface area is 140 Å². The third-order valence-corrected chi connectivity index (χ3v) is 3.67. The molecule has 5 nitrogen and oxygen atoms in total. The van der Waals surface area contributed by atoms with Gasteiger partial charge in [-0.25, -0.2) is 9.79 Å². The topological polar surface area (TPSA) is 51.1 Å². The van der Waals surface area contributed by atoms with Crippen LogP contribution in [0.1, 0.15) is 11.1 Å². The van der Waals surface area contributed by atoms with Crippen LogP contribution in [0.15, 0.2) is 59.2 Å². The lowest BCUT2D eigenvalue weighted by atomic mass is 10.1. The summed E-state index contributed by atoms with van der Waals surface area (Å²) in [6, 6.07) is 15.1. The first-order valence-electron chi connectivity index (χ1n) is 7.51. The summed E-state index contributed by atoms with van der Waals surface area (Å²) in [5.74, 6) is 0.594. The van der Waals surface area contributed by atoms with Crippen LogP contribution in [0.3, 0.4) is 0 Å². The second-order valence-electron chi connectivity index (χ2n) is 5.55. The molecule has 0 spiro atoms. The number of aliphatic imine (C=N–C) groups is 1. The monoisotopic (exact) mass is 322 g/mol. The molecule has 0 saturated carbocycles. The number of hydrogen-bond acceptors (Lipinski definition) is 5. The zero-order valence-electron chi connectivity index (χ0n) is 13.8. The number of anilines is 1. The number of nitrogens with zero attached hydrogens (tertiary/aromatic N) is 2.